The Balaban J connectivity index is 1.87. The van der Waals surface area contributed by atoms with Crippen molar-refractivity contribution in [3.63, 3.8) is 0 Å². The second-order valence-electron chi connectivity index (χ2n) is 4.45. The zero-order valence-electron chi connectivity index (χ0n) is 11.8. The van der Waals surface area contributed by atoms with Crippen LogP contribution in [0.4, 0.5) is 5.13 Å². The van der Waals surface area contributed by atoms with Gasteiger partial charge in [-0.2, -0.15) is 0 Å². The maximum absolute atomic E-state index is 12.1. The Hall–Kier alpha value is -2.41. The van der Waals surface area contributed by atoms with Gasteiger partial charge in [-0.3, -0.25) is 10.1 Å². The lowest BCUT2D eigenvalue weighted by Gasteiger charge is -1.97. The summed E-state index contributed by atoms with van der Waals surface area (Å²) >= 11 is 1.38. The quantitative estimate of drug-likeness (QED) is 0.804. The van der Waals surface area contributed by atoms with Gasteiger partial charge in [0.2, 0.25) is 5.76 Å². The number of oxazole rings is 1. The van der Waals surface area contributed by atoms with E-state index in [-0.39, 0.29) is 11.7 Å². The number of carbonyl (C=O) groups excluding carboxylic acids is 1. The van der Waals surface area contributed by atoms with Crippen molar-refractivity contribution in [2.45, 2.75) is 13.8 Å². The molecule has 0 saturated heterocycles. The summed E-state index contributed by atoms with van der Waals surface area (Å²) in [7, 11) is 1.61. The fourth-order valence-electron chi connectivity index (χ4n) is 1.98. The number of methoxy groups -OCH3 is 1. The van der Waals surface area contributed by atoms with Crippen LogP contribution < -0.4 is 10.1 Å². The topological polar surface area (TPSA) is 77.2 Å². The summed E-state index contributed by atoms with van der Waals surface area (Å²) in [4.78, 5) is 20.6. The number of rotatable bonds is 3. The summed E-state index contributed by atoms with van der Waals surface area (Å²) in [6.45, 7) is 3.43. The average molecular weight is 303 g/mol. The number of aromatic nitrogens is 2. The summed E-state index contributed by atoms with van der Waals surface area (Å²) in [5, 5.41) is 3.24. The number of amides is 1. The highest BCUT2D eigenvalue weighted by Gasteiger charge is 2.17. The molecule has 0 aliphatic rings. The minimum absolute atomic E-state index is 0.212. The molecule has 6 nitrogen and oxygen atoms in total. The number of carbonyl (C=O) groups is 1. The van der Waals surface area contributed by atoms with Gasteiger partial charge in [-0.15, -0.1) is 0 Å². The first-order valence-corrected chi connectivity index (χ1v) is 7.08. The molecule has 1 aromatic carbocycles. The third-order valence-corrected chi connectivity index (χ3v) is 3.86. The van der Waals surface area contributed by atoms with Gasteiger partial charge in [-0.1, -0.05) is 11.3 Å². The second-order valence-corrected chi connectivity index (χ2v) is 5.48. The molecule has 0 unspecified atom stereocenters. The van der Waals surface area contributed by atoms with Gasteiger partial charge in [-0.05, 0) is 25.1 Å². The molecule has 0 atom stereocenters. The van der Waals surface area contributed by atoms with Crippen LogP contribution in [0.3, 0.4) is 0 Å². The maximum atomic E-state index is 12.1. The van der Waals surface area contributed by atoms with Crippen molar-refractivity contribution < 1.29 is 13.9 Å². The van der Waals surface area contributed by atoms with Crippen molar-refractivity contribution in [1.82, 2.24) is 9.97 Å². The van der Waals surface area contributed by atoms with Gasteiger partial charge in [-0.25, -0.2) is 9.97 Å². The summed E-state index contributed by atoms with van der Waals surface area (Å²) in [6, 6.07) is 5.56. The van der Waals surface area contributed by atoms with Crippen LogP contribution in [0.2, 0.25) is 0 Å². The minimum atomic E-state index is -0.348. The Kier molecular flexibility index (Phi) is 3.34. The Morgan fingerprint density at radius 3 is 2.81 bits per heavy atom. The third kappa shape index (κ3) is 2.59. The summed E-state index contributed by atoms with van der Waals surface area (Å²) in [5.74, 6) is 1.08. The molecule has 1 amide bonds. The first-order chi connectivity index (χ1) is 10.1. The SMILES string of the molecule is COc1ccc2nc(NC(=O)c3oc(C)nc3C)sc2c1. The number of anilines is 1. The van der Waals surface area contributed by atoms with Gasteiger partial charge < -0.3 is 9.15 Å². The molecule has 0 aliphatic carbocycles. The number of fused-ring (bicyclic) bond motifs is 1. The normalized spacial score (nSPS) is 10.8. The number of nitrogens with zero attached hydrogens (tertiary/aromatic N) is 2. The molecule has 0 aliphatic heterocycles. The number of benzene rings is 1. The van der Waals surface area contributed by atoms with Crippen LogP contribution in [-0.4, -0.2) is 23.0 Å². The van der Waals surface area contributed by atoms with E-state index in [4.69, 9.17) is 9.15 Å². The number of nitrogens with one attached hydrogen (secondary N) is 1. The smallest absolute Gasteiger partial charge is 0.295 e. The third-order valence-electron chi connectivity index (χ3n) is 2.93. The molecule has 0 bridgehead atoms. The molecule has 108 valence electrons. The van der Waals surface area contributed by atoms with Crippen LogP contribution in [0.15, 0.2) is 22.6 Å². The molecule has 0 fully saturated rings. The summed E-state index contributed by atoms with van der Waals surface area (Å²) in [6.07, 6.45) is 0. The molecule has 21 heavy (non-hydrogen) atoms. The predicted octanol–water partition coefficient (Wildman–Crippen LogP) is 3.16. The molecule has 1 N–H and O–H groups in total. The van der Waals surface area contributed by atoms with Crippen LogP contribution in [0.5, 0.6) is 5.75 Å². The van der Waals surface area contributed by atoms with E-state index in [1.54, 1.807) is 21.0 Å². The lowest BCUT2D eigenvalue weighted by atomic mass is 10.3. The molecule has 0 radical (unpaired) electrons. The van der Waals surface area contributed by atoms with Crippen LogP contribution >= 0.6 is 11.3 Å². The largest absolute Gasteiger partial charge is 0.497 e. The molecular weight excluding hydrogens is 290 g/mol. The fourth-order valence-corrected chi connectivity index (χ4v) is 2.87. The van der Waals surface area contributed by atoms with Crippen molar-refractivity contribution in [1.29, 1.82) is 0 Å². The molecule has 0 saturated carbocycles. The van der Waals surface area contributed by atoms with E-state index >= 15 is 0 Å². The number of ether oxygens (including phenoxy) is 1. The van der Waals surface area contributed by atoms with Crippen LogP contribution in [0, 0.1) is 13.8 Å². The number of hydrogen-bond acceptors (Lipinski definition) is 6. The van der Waals surface area contributed by atoms with Crippen molar-refractivity contribution in [3.05, 3.63) is 35.5 Å². The van der Waals surface area contributed by atoms with E-state index in [2.05, 4.69) is 15.3 Å². The van der Waals surface area contributed by atoms with Gasteiger partial charge in [0.15, 0.2) is 11.0 Å². The maximum Gasteiger partial charge on any atom is 0.295 e. The Morgan fingerprint density at radius 2 is 2.14 bits per heavy atom. The van der Waals surface area contributed by atoms with Crippen molar-refractivity contribution >= 4 is 32.6 Å². The van der Waals surface area contributed by atoms with Crippen LogP contribution in [0.1, 0.15) is 22.1 Å². The second kappa shape index (κ2) is 5.17. The number of hydrogen-bond donors (Lipinski definition) is 1. The molecular formula is C14H13N3O3S. The Bertz CT molecular complexity index is 822. The molecule has 3 aromatic rings. The van der Waals surface area contributed by atoms with Crippen LogP contribution in [-0.2, 0) is 0 Å². The van der Waals surface area contributed by atoms with E-state index in [9.17, 15) is 4.79 Å². The molecule has 7 heteroatoms. The van der Waals surface area contributed by atoms with Crippen LogP contribution in [0.25, 0.3) is 10.2 Å². The molecule has 3 rings (SSSR count). The standard InChI is InChI=1S/C14H13N3O3S/c1-7-12(20-8(2)15-7)13(18)17-14-16-10-5-4-9(19-3)6-11(10)21-14/h4-6H,1-3H3,(H,16,17,18). The van der Waals surface area contributed by atoms with E-state index in [0.29, 0.717) is 16.7 Å². The van der Waals surface area contributed by atoms with Crippen molar-refractivity contribution in [3.8, 4) is 5.75 Å². The van der Waals surface area contributed by atoms with E-state index in [1.165, 1.54) is 11.3 Å². The summed E-state index contributed by atoms with van der Waals surface area (Å²) < 4.78 is 11.4. The minimum Gasteiger partial charge on any atom is -0.497 e. The molecule has 2 aromatic heterocycles. The zero-order chi connectivity index (χ0) is 15.0. The van der Waals surface area contributed by atoms with Gasteiger partial charge in [0.05, 0.1) is 23.0 Å². The lowest BCUT2D eigenvalue weighted by molar-refractivity contribution is 0.0994. The monoisotopic (exact) mass is 303 g/mol. The van der Waals surface area contributed by atoms with E-state index in [0.717, 1.165) is 16.0 Å². The first kappa shape index (κ1) is 13.6. The highest BCUT2D eigenvalue weighted by Crippen LogP contribution is 2.29. The summed E-state index contributed by atoms with van der Waals surface area (Å²) in [5.41, 5.74) is 1.37. The molecule has 0 spiro atoms. The Morgan fingerprint density at radius 1 is 1.33 bits per heavy atom. The van der Waals surface area contributed by atoms with Gasteiger partial charge in [0.25, 0.3) is 5.91 Å². The Labute approximate surface area is 124 Å². The lowest BCUT2D eigenvalue weighted by Crippen LogP contribution is -2.11. The van der Waals surface area contributed by atoms with Crippen molar-refractivity contribution in [2.24, 2.45) is 0 Å². The van der Waals surface area contributed by atoms with Gasteiger partial charge in [0.1, 0.15) is 5.75 Å². The van der Waals surface area contributed by atoms with Gasteiger partial charge >= 0.3 is 0 Å². The average Bonchev–Trinajstić information content (AvgIpc) is 2.99. The zero-order valence-corrected chi connectivity index (χ0v) is 12.6. The number of thiazole rings is 1. The highest BCUT2D eigenvalue weighted by molar-refractivity contribution is 7.22. The molecule has 2 heterocycles. The first-order valence-electron chi connectivity index (χ1n) is 6.27. The highest BCUT2D eigenvalue weighted by atomic mass is 32.1. The van der Waals surface area contributed by atoms with E-state index < -0.39 is 0 Å². The number of aryl methyl sites for hydroxylation is 2. The van der Waals surface area contributed by atoms with Crippen molar-refractivity contribution in [2.75, 3.05) is 12.4 Å². The predicted molar refractivity (Wildman–Crippen MR) is 80.1 cm³/mol. The van der Waals surface area contributed by atoms with Gasteiger partial charge in [0, 0.05) is 6.92 Å². The fraction of sp³-hybridized carbons (Fsp3) is 0.214. The van der Waals surface area contributed by atoms with E-state index in [1.807, 2.05) is 18.2 Å².